The summed E-state index contributed by atoms with van der Waals surface area (Å²) in [6.07, 6.45) is 0.917. The molecule has 4 heteroatoms. The first-order valence-corrected chi connectivity index (χ1v) is 8.38. The van der Waals surface area contributed by atoms with Crippen molar-refractivity contribution in [3.8, 4) is 0 Å². The molecule has 0 fully saturated rings. The summed E-state index contributed by atoms with van der Waals surface area (Å²) in [5, 5.41) is 3.29. The Balaban J connectivity index is 4.65. The average molecular weight is 263 g/mol. The molecule has 0 aliphatic carbocycles. The smallest absolute Gasteiger partial charge is 0.152 e. The highest BCUT2D eigenvalue weighted by molar-refractivity contribution is 7.91. The summed E-state index contributed by atoms with van der Waals surface area (Å²) in [5.41, 5.74) is -0.0292. The van der Waals surface area contributed by atoms with Gasteiger partial charge < -0.3 is 5.32 Å². The van der Waals surface area contributed by atoms with Crippen molar-refractivity contribution in [2.75, 3.05) is 18.1 Å². The first-order chi connectivity index (χ1) is 7.62. The molecule has 0 saturated heterocycles. The van der Waals surface area contributed by atoms with Crippen LogP contribution in [0.2, 0.25) is 0 Å². The molecule has 104 valence electrons. The van der Waals surface area contributed by atoms with Crippen LogP contribution in [0.1, 0.15) is 48.0 Å². The molecule has 0 aromatic carbocycles. The SMILES string of the molecule is CCNC(CS(=O)(=O)CC(C)CC)C(C)(C)C. The molecule has 0 saturated carbocycles. The maximum Gasteiger partial charge on any atom is 0.152 e. The minimum atomic E-state index is -2.96. The molecule has 2 unspecified atom stereocenters. The molecule has 0 spiro atoms. The van der Waals surface area contributed by atoms with E-state index in [2.05, 4.69) is 26.1 Å². The van der Waals surface area contributed by atoms with Crippen molar-refractivity contribution < 1.29 is 8.42 Å². The van der Waals surface area contributed by atoms with E-state index in [1.807, 2.05) is 20.8 Å². The van der Waals surface area contributed by atoms with E-state index in [-0.39, 0.29) is 23.1 Å². The largest absolute Gasteiger partial charge is 0.313 e. The fourth-order valence-electron chi connectivity index (χ4n) is 1.73. The van der Waals surface area contributed by atoms with Gasteiger partial charge >= 0.3 is 0 Å². The van der Waals surface area contributed by atoms with Crippen molar-refractivity contribution in [3.63, 3.8) is 0 Å². The minimum absolute atomic E-state index is 0.0292. The summed E-state index contributed by atoms with van der Waals surface area (Å²) in [5.74, 6) is 0.804. The van der Waals surface area contributed by atoms with Gasteiger partial charge in [0.2, 0.25) is 0 Å². The molecule has 3 nitrogen and oxygen atoms in total. The quantitative estimate of drug-likeness (QED) is 0.767. The highest BCUT2D eigenvalue weighted by atomic mass is 32.2. The Morgan fingerprint density at radius 2 is 1.65 bits per heavy atom. The van der Waals surface area contributed by atoms with Gasteiger partial charge in [0.15, 0.2) is 9.84 Å². The highest BCUT2D eigenvalue weighted by Crippen LogP contribution is 2.21. The Morgan fingerprint density at radius 1 is 1.12 bits per heavy atom. The topological polar surface area (TPSA) is 46.2 Å². The lowest BCUT2D eigenvalue weighted by Gasteiger charge is -2.31. The second-order valence-corrected chi connectivity index (χ2v) is 8.22. The van der Waals surface area contributed by atoms with Gasteiger partial charge in [0.05, 0.1) is 11.5 Å². The molecule has 1 N–H and O–H groups in total. The molecule has 0 aliphatic rings. The molecular weight excluding hydrogens is 234 g/mol. The lowest BCUT2D eigenvalue weighted by Crippen LogP contribution is -2.45. The van der Waals surface area contributed by atoms with E-state index in [0.717, 1.165) is 13.0 Å². The third-order valence-electron chi connectivity index (χ3n) is 3.15. The van der Waals surface area contributed by atoms with Gasteiger partial charge in [0.1, 0.15) is 0 Å². The third-order valence-corrected chi connectivity index (χ3v) is 5.07. The first-order valence-electron chi connectivity index (χ1n) is 6.56. The predicted molar refractivity (Wildman–Crippen MR) is 75.0 cm³/mol. The van der Waals surface area contributed by atoms with Crippen LogP contribution in [0.4, 0.5) is 0 Å². The Labute approximate surface area is 107 Å². The maximum absolute atomic E-state index is 12.1. The molecule has 0 bridgehead atoms. The standard InChI is InChI=1S/C13H29NO2S/c1-7-11(3)9-17(15,16)10-12(14-8-2)13(4,5)6/h11-12,14H,7-10H2,1-6H3. The van der Waals surface area contributed by atoms with E-state index in [4.69, 9.17) is 0 Å². The zero-order valence-electron chi connectivity index (χ0n) is 12.2. The Kier molecular flexibility index (Phi) is 6.70. The second-order valence-electron chi connectivity index (χ2n) is 6.07. The molecule has 0 aromatic heterocycles. The van der Waals surface area contributed by atoms with Crippen molar-refractivity contribution in [1.29, 1.82) is 0 Å². The zero-order valence-corrected chi connectivity index (χ0v) is 13.0. The molecule has 0 radical (unpaired) electrons. The minimum Gasteiger partial charge on any atom is -0.313 e. The summed E-state index contributed by atoms with van der Waals surface area (Å²) in [4.78, 5) is 0. The zero-order chi connectivity index (χ0) is 13.7. The van der Waals surface area contributed by atoms with E-state index in [1.165, 1.54) is 0 Å². The lowest BCUT2D eigenvalue weighted by molar-refractivity contribution is 0.292. The van der Waals surface area contributed by atoms with Crippen LogP contribution in [-0.4, -0.2) is 32.5 Å². The normalized spacial score (nSPS) is 16.8. The van der Waals surface area contributed by atoms with Crippen LogP contribution in [0.25, 0.3) is 0 Å². The van der Waals surface area contributed by atoms with E-state index in [1.54, 1.807) is 0 Å². The van der Waals surface area contributed by atoms with Gasteiger partial charge in [0.25, 0.3) is 0 Å². The summed E-state index contributed by atoms with van der Waals surface area (Å²) in [6.45, 7) is 13.1. The van der Waals surface area contributed by atoms with E-state index in [9.17, 15) is 8.42 Å². The van der Waals surface area contributed by atoms with Gasteiger partial charge in [-0.2, -0.15) is 0 Å². The van der Waals surface area contributed by atoms with Gasteiger partial charge in [-0.1, -0.05) is 48.0 Å². The molecule has 0 amide bonds. The summed E-state index contributed by atoms with van der Waals surface area (Å²) in [7, 11) is -2.96. The van der Waals surface area contributed by atoms with Crippen LogP contribution in [0, 0.1) is 11.3 Å². The molecular formula is C13H29NO2S. The van der Waals surface area contributed by atoms with Gasteiger partial charge in [-0.15, -0.1) is 0 Å². The van der Waals surface area contributed by atoms with E-state index < -0.39 is 9.84 Å². The van der Waals surface area contributed by atoms with Crippen molar-refractivity contribution in [2.45, 2.75) is 54.0 Å². The third kappa shape index (κ3) is 7.04. The van der Waals surface area contributed by atoms with E-state index in [0.29, 0.717) is 5.75 Å². The van der Waals surface area contributed by atoms with Crippen molar-refractivity contribution in [3.05, 3.63) is 0 Å². The monoisotopic (exact) mass is 263 g/mol. The number of hydrogen-bond donors (Lipinski definition) is 1. The number of sulfone groups is 1. The van der Waals surface area contributed by atoms with Crippen molar-refractivity contribution in [1.82, 2.24) is 5.32 Å². The number of hydrogen-bond acceptors (Lipinski definition) is 3. The predicted octanol–water partition coefficient (Wildman–Crippen LogP) is 2.47. The van der Waals surface area contributed by atoms with Gasteiger partial charge in [-0.3, -0.25) is 0 Å². The Bertz CT molecular complexity index is 304. The van der Waals surface area contributed by atoms with Gasteiger partial charge in [-0.25, -0.2) is 8.42 Å². The van der Waals surface area contributed by atoms with Gasteiger partial charge in [0, 0.05) is 6.04 Å². The van der Waals surface area contributed by atoms with Crippen LogP contribution < -0.4 is 5.32 Å². The van der Waals surface area contributed by atoms with Gasteiger partial charge in [-0.05, 0) is 17.9 Å². The summed E-state index contributed by atoms with van der Waals surface area (Å²) < 4.78 is 24.2. The maximum atomic E-state index is 12.1. The molecule has 0 rings (SSSR count). The van der Waals surface area contributed by atoms with E-state index >= 15 is 0 Å². The summed E-state index contributed by atoms with van der Waals surface area (Å²) >= 11 is 0. The van der Waals surface area contributed by atoms with Crippen LogP contribution in [-0.2, 0) is 9.84 Å². The van der Waals surface area contributed by atoms with Crippen molar-refractivity contribution >= 4 is 9.84 Å². The Hall–Kier alpha value is -0.0900. The Morgan fingerprint density at radius 3 is 2.00 bits per heavy atom. The second kappa shape index (κ2) is 6.74. The molecule has 0 heterocycles. The lowest BCUT2D eigenvalue weighted by atomic mass is 9.88. The fraction of sp³-hybridized carbons (Fsp3) is 1.00. The fourth-order valence-corrected chi connectivity index (χ4v) is 4.10. The molecule has 0 aliphatic heterocycles. The molecule has 17 heavy (non-hydrogen) atoms. The average Bonchev–Trinajstić information content (AvgIpc) is 2.14. The molecule has 2 atom stereocenters. The highest BCUT2D eigenvalue weighted by Gasteiger charge is 2.29. The van der Waals surface area contributed by atoms with Crippen molar-refractivity contribution in [2.24, 2.45) is 11.3 Å². The van der Waals surface area contributed by atoms with Crippen LogP contribution in [0.15, 0.2) is 0 Å². The number of rotatable bonds is 7. The first kappa shape index (κ1) is 16.9. The van der Waals surface area contributed by atoms with Crippen LogP contribution in [0.3, 0.4) is 0 Å². The molecule has 0 aromatic rings. The number of nitrogens with one attached hydrogen (secondary N) is 1. The van der Waals surface area contributed by atoms with Crippen LogP contribution >= 0.6 is 0 Å². The summed E-state index contributed by atoms with van der Waals surface area (Å²) in [6, 6.07) is 0.0292. The van der Waals surface area contributed by atoms with Crippen LogP contribution in [0.5, 0.6) is 0 Å².